The highest BCUT2D eigenvalue weighted by Crippen LogP contribution is 2.09. The highest BCUT2D eigenvalue weighted by Gasteiger charge is 2.09. The first-order valence-corrected chi connectivity index (χ1v) is 5.04. The van der Waals surface area contributed by atoms with Crippen LogP contribution in [-0.4, -0.2) is 22.6 Å². The average molecular weight is 234 g/mol. The molecule has 0 bridgehead atoms. The van der Waals surface area contributed by atoms with Gasteiger partial charge < -0.3 is 9.30 Å². The lowest BCUT2D eigenvalue weighted by Crippen LogP contribution is -2.02. The monoisotopic (exact) mass is 234 g/mol. The summed E-state index contributed by atoms with van der Waals surface area (Å²) in [6.45, 7) is 0.330. The number of nitrogens with zero attached hydrogens (tertiary/aromatic N) is 2. The van der Waals surface area contributed by atoms with Crippen molar-refractivity contribution in [2.75, 3.05) is 7.11 Å². The second kappa shape index (κ2) is 4.78. The van der Waals surface area contributed by atoms with Crippen molar-refractivity contribution in [3.8, 4) is 0 Å². The van der Waals surface area contributed by atoms with Crippen LogP contribution in [0.1, 0.15) is 16.1 Å². The Morgan fingerprint density at radius 1 is 1.47 bits per heavy atom. The molecule has 17 heavy (non-hydrogen) atoms. The van der Waals surface area contributed by atoms with E-state index in [1.165, 1.54) is 25.7 Å². The van der Waals surface area contributed by atoms with Gasteiger partial charge in [-0.25, -0.2) is 14.2 Å². The van der Waals surface area contributed by atoms with Crippen LogP contribution in [0.3, 0.4) is 0 Å². The SMILES string of the molecule is COC(=O)c1cn(Cc2ccccc2F)cn1. The molecule has 0 radical (unpaired) electrons. The van der Waals surface area contributed by atoms with E-state index in [9.17, 15) is 9.18 Å². The smallest absolute Gasteiger partial charge is 0.358 e. The molecule has 88 valence electrons. The van der Waals surface area contributed by atoms with Gasteiger partial charge in [-0.05, 0) is 6.07 Å². The number of hydrogen-bond acceptors (Lipinski definition) is 3. The van der Waals surface area contributed by atoms with E-state index in [1.807, 2.05) is 0 Å². The molecule has 0 N–H and O–H groups in total. The molecule has 0 spiro atoms. The van der Waals surface area contributed by atoms with Crippen LogP contribution in [0.4, 0.5) is 4.39 Å². The third-order valence-electron chi connectivity index (χ3n) is 2.34. The number of rotatable bonds is 3. The highest BCUT2D eigenvalue weighted by atomic mass is 19.1. The quantitative estimate of drug-likeness (QED) is 0.761. The molecule has 0 saturated heterocycles. The van der Waals surface area contributed by atoms with E-state index in [1.54, 1.807) is 22.8 Å². The Balaban J connectivity index is 2.17. The van der Waals surface area contributed by atoms with E-state index >= 15 is 0 Å². The molecule has 1 heterocycles. The minimum absolute atomic E-state index is 0.212. The second-order valence-corrected chi connectivity index (χ2v) is 3.51. The fraction of sp³-hybridized carbons (Fsp3) is 0.167. The molecule has 0 aliphatic carbocycles. The number of ether oxygens (including phenoxy) is 1. The predicted molar refractivity (Wildman–Crippen MR) is 59.1 cm³/mol. The first-order chi connectivity index (χ1) is 8.20. The molecule has 1 aromatic heterocycles. The molecule has 1 aromatic carbocycles. The van der Waals surface area contributed by atoms with Crippen molar-refractivity contribution in [1.82, 2.24) is 9.55 Å². The third-order valence-corrected chi connectivity index (χ3v) is 2.34. The number of carbonyl (C=O) groups is 1. The number of halogens is 1. The number of hydrogen-bond donors (Lipinski definition) is 0. The van der Waals surface area contributed by atoms with Gasteiger partial charge in [-0.3, -0.25) is 0 Å². The zero-order valence-electron chi connectivity index (χ0n) is 9.26. The number of esters is 1. The minimum atomic E-state index is -0.503. The van der Waals surface area contributed by atoms with Crippen LogP contribution in [0.15, 0.2) is 36.8 Å². The number of aromatic nitrogens is 2. The van der Waals surface area contributed by atoms with Gasteiger partial charge in [0.1, 0.15) is 5.82 Å². The van der Waals surface area contributed by atoms with Crippen LogP contribution in [0.2, 0.25) is 0 Å². The molecule has 5 heteroatoms. The molecule has 2 rings (SSSR count). The van der Waals surface area contributed by atoms with Gasteiger partial charge in [0.05, 0.1) is 20.0 Å². The third kappa shape index (κ3) is 2.50. The van der Waals surface area contributed by atoms with Gasteiger partial charge in [0.15, 0.2) is 5.69 Å². The lowest BCUT2D eigenvalue weighted by Gasteiger charge is -2.03. The summed E-state index contributed by atoms with van der Waals surface area (Å²) >= 11 is 0. The van der Waals surface area contributed by atoms with Crippen molar-refractivity contribution in [2.24, 2.45) is 0 Å². The Bertz CT molecular complexity index is 537. The molecule has 0 amide bonds. The first kappa shape index (κ1) is 11.3. The first-order valence-electron chi connectivity index (χ1n) is 5.04. The fourth-order valence-corrected chi connectivity index (χ4v) is 1.48. The van der Waals surface area contributed by atoms with Crippen molar-refractivity contribution in [2.45, 2.75) is 6.54 Å². The maximum absolute atomic E-state index is 13.4. The van der Waals surface area contributed by atoms with Crippen molar-refractivity contribution in [3.63, 3.8) is 0 Å². The molecule has 0 saturated carbocycles. The second-order valence-electron chi connectivity index (χ2n) is 3.51. The lowest BCUT2D eigenvalue weighted by atomic mass is 10.2. The van der Waals surface area contributed by atoms with E-state index in [0.29, 0.717) is 12.1 Å². The number of benzene rings is 1. The maximum atomic E-state index is 13.4. The van der Waals surface area contributed by atoms with Crippen LogP contribution in [0.25, 0.3) is 0 Å². The van der Waals surface area contributed by atoms with E-state index in [-0.39, 0.29) is 11.5 Å². The van der Waals surface area contributed by atoms with E-state index in [0.717, 1.165) is 0 Å². The average Bonchev–Trinajstić information content (AvgIpc) is 2.80. The van der Waals surface area contributed by atoms with Crippen molar-refractivity contribution in [1.29, 1.82) is 0 Å². The summed E-state index contributed by atoms with van der Waals surface area (Å²) in [5.41, 5.74) is 0.755. The molecule has 4 nitrogen and oxygen atoms in total. The summed E-state index contributed by atoms with van der Waals surface area (Å²) in [6, 6.07) is 6.48. The van der Waals surface area contributed by atoms with Gasteiger partial charge in [-0.15, -0.1) is 0 Å². The highest BCUT2D eigenvalue weighted by molar-refractivity contribution is 5.86. The summed E-state index contributed by atoms with van der Waals surface area (Å²) in [5.74, 6) is -0.780. The van der Waals surface area contributed by atoms with Crippen molar-refractivity contribution in [3.05, 3.63) is 53.9 Å². The zero-order valence-corrected chi connectivity index (χ0v) is 9.26. The van der Waals surface area contributed by atoms with Crippen molar-refractivity contribution >= 4 is 5.97 Å². The molecule has 0 aliphatic rings. The topological polar surface area (TPSA) is 44.1 Å². The Morgan fingerprint density at radius 3 is 2.94 bits per heavy atom. The molecule has 0 aliphatic heterocycles. The summed E-state index contributed by atoms with van der Waals surface area (Å²) in [5, 5.41) is 0. The lowest BCUT2D eigenvalue weighted by molar-refractivity contribution is 0.0594. The minimum Gasteiger partial charge on any atom is -0.464 e. The molecule has 2 aromatic rings. The standard InChI is InChI=1S/C12H11FN2O2/c1-17-12(16)11-7-15(8-14-11)6-9-4-2-3-5-10(9)13/h2-5,7-8H,6H2,1H3. The van der Waals surface area contributed by atoms with Crippen molar-refractivity contribution < 1.29 is 13.9 Å². The summed E-state index contributed by atoms with van der Waals surface area (Å²) < 4.78 is 19.5. The van der Waals surface area contributed by atoms with E-state index < -0.39 is 5.97 Å². The molecule has 0 fully saturated rings. The normalized spacial score (nSPS) is 10.2. The largest absolute Gasteiger partial charge is 0.464 e. The zero-order chi connectivity index (χ0) is 12.3. The predicted octanol–water partition coefficient (Wildman–Crippen LogP) is 1.86. The number of imidazole rings is 1. The van der Waals surface area contributed by atoms with Crippen LogP contribution < -0.4 is 0 Å². The fourth-order valence-electron chi connectivity index (χ4n) is 1.48. The molecular weight excluding hydrogens is 223 g/mol. The van der Waals surface area contributed by atoms with Crippen LogP contribution in [0, 0.1) is 5.82 Å². The molecule has 0 atom stereocenters. The van der Waals surface area contributed by atoms with Gasteiger partial charge in [0.2, 0.25) is 0 Å². The maximum Gasteiger partial charge on any atom is 0.358 e. The number of carbonyl (C=O) groups excluding carboxylic acids is 1. The van der Waals surface area contributed by atoms with Gasteiger partial charge in [-0.2, -0.15) is 0 Å². The van der Waals surface area contributed by atoms with E-state index in [4.69, 9.17) is 0 Å². The Kier molecular flexibility index (Phi) is 3.18. The van der Waals surface area contributed by atoms with Gasteiger partial charge in [0, 0.05) is 11.8 Å². The molecular formula is C12H11FN2O2. The summed E-state index contributed by atoms with van der Waals surface area (Å²) in [4.78, 5) is 15.1. The van der Waals surface area contributed by atoms with Gasteiger partial charge >= 0.3 is 5.97 Å². The van der Waals surface area contributed by atoms with E-state index in [2.05, 4.69) is 9.72 Å². The Hall–Kier alpha value is -2.17. The van der Waals surface area contributed by atoms with Gasteiger partial charge in [0.25, 0.3) is 0 Å². The summed E-state index contributed by atoms with van der Waals surface area (Å²) in [7, 11) is 1.29. The van der Waals surface area contributed by atoms with Gasteiger partial charge in [-0.1, -0.05) is 18.2 Å². The van der Waals surface area contributed by atoms with Crippen LogP contribution >= 0.6 is 0 Å². The Labute approximate surface area is 97.7 Å². The summed E-state index contributed by atoms with van der Waals surface area (Å²) in [6.07, 6.45) is 3.00. The Morgan fingerprint density at radius 2 is 2.24 bits per heavy atom. The molecule has 0 unspecified atom stereocenters. The van der Waals surface area contributed by atoms with Crippen LogP contribution in [0.5, 0.6) is 0 Å². The number of methoxy groups -OCH3 is 1. The van der Waals surface area contributed by atoms with Crippen LogP contribution in [-0.2, 0) is 11.3 Å².